The van der Waals surface area contributed by atoms with Crippen LogP contribution in [-0.2, 0) is 9.59 Å². The predicted octanol–water partition coefficient (Wildman–Crippen LogP) is -0.618. The van der Waals surface area contributed by atoms with Crippen LogP contribution in [0.5, 0.6) is 0 Å². The van der Waals surface area contributed by atoms with E-state index < -0.39 is 11.9 Å². The van der Waals surface area contributed by atoms with Crippen LogP contribution in [0.1, 0.15) is 12.8 Å². The van der Waals surface area contributed by atoms with E-state index in [4.69, 9.17) is 12.3 Å². The van der Waals surface area contributed by atoms with Crippen LogP contribution in [0.15, 0.2) is 0 Å². The number of rotatable bonds is 2. The van der Waals surface area contributed by atoms with E-state index >= 15 is 0 Å². The lowest BCUT2D eigenvalue weighted by atomic mass is 10.2. The third kappa shape index (κ3) is 1.96. The van der Waals surface area contributed by atoms with Crippen molar-refractivity contribution in [3.05, 3.63) is 11.4 Å². The van der Waals surface area contributed by atoms with Crippen LogP contribution in [0.25, 0.3) is 4.85 Å². The quantitative estimate of drug-likeness (QED) is 0.577. The van der Waals surface area contributed by atoms with Gasteiger partial charge in [-0.05, 0) is 12.8 Å². The summed E-state index contributed by atoms with van der Waals surface area (Å²) in [6.07, 6.45) is 1.41. The monoisotopic (exact) mass is 181 g/mol. The Hall–Kier alpha value is -1.57. The smallest absolute Gasteiger partial charge is 0.303 e. The molecule has 0 unspecified atom stereocenters. The molecule has 1 aliphatic rings. The Kier molecular flexibility index (Phi) is 2.85. The van der Waals surface area contributed by atoms with Crippen LogP contribution in [0.2, 0.25) is 0 Å². The molecule has 0 bridgehead atoms. The van der Waals surface area contributed by atoms with Gasteiger partial charge in [0.2, 0.25) is 5.91 Å². The number of amides is 2. The number of likely N-dealkylation sites (tertiary alicyclic amines) is 1. The second kappa shape index (κ2) is 3.90. The predicted molar refractivity (Wildman–Crippen MR) is 45.4 cm³/mol. The maximum atomic E-state index is 11.3. The molecule has 1 rings (SSSR count). The summed E-state index contributed by atoms with van der Waals surface area (Å²) in [5.74, 6) is -0.771. The van der Waals surface area contributed by atoms with Crippen molar-refractivity contribution in [3.8, 4) is 0 Å². The number of carbonyl (C=O) groups is 2. The Labute approximate surface area is 76.3 Å². The Bertz CT molecular complexity index is 269. The van der Waals surface area contributed by atoms with E-state index in [9.17, 15) is 9.59 Å². The molecule has 1 heterocycles. The number of nitrogens with two attached hydrogens (primary N) is 1. The van der Waals surface area contributed by atoms with Crippen LogP contribution >= 0.6 is 0 Å². The highest BCUT2D eigenvalue weighted by atomic mass is 16.2. The van der Waals surface area contributed by atoms with Crippen molar-refractivity contribution in [2.45, 2.75) is 18.9 Å². The van der Waals surface area contributed by atoms with E-state index in [0.29, 0.717) is 13.0 Å². The van der Waals surface area contributed by atoms with Gasteiger partial charge in [0, 0.05) is 6.54 Å². The van der Waals surface area contributed by atoms with E-state index in [-0.39, 0.29) is 12.5 Å². The zero-order valence-corrected chi connectivity index (χ0v) is 7.19. The number of nitrogens with zero attached hydrogens (tertiary/aromatic N) is 2. The topological polar surface area (TPSA) is 67.8 Å². The molecule has 1 atom stereocenters. The molecule has 1 aliphatic heterocycles. The molecule has 1 fully saturated rings. The van der Waals surface area contributed by atoms with E-state index in [0.717, 1.165) is 6.42 Å². The summed E-state index contributed by atoms with van der Waals surface area (Å²) in [5, 5.41) is 0. The van der Waals surface area contributed by atoms with Gasteiger partial charge in [0.25, 0.3) is 6.54 Å². The molecule has 5 nitrogen and oxygen atoms in total. The first-order valence-electron chi connectivity index (χ1n) is 4.09. The van der Waals surface area contributed by atoms with Gasteiger partial charge >= 0.3 is 5.91 Å². The second-order valence-electron chi connectivity index (χ2n) is 2.96. The lowest BCUT2D eigenvalue weighted by Crippen LogP contribution is -2.44. The molecule has 0 aromatic rings. The van der Waals surface area contributed by atoms with Gasteiger partial charge in [-0.1, -0.05) is 0 Å². The first kappa shape index (κ1) is 9.52. The SMILES string of the molecule is [C-]#[N+]CC(=O)N1CCC[C@H]1C(N)=O. The van der Waals surface area contributed by atoms with Crippen LogP contribution in [-0.4, -0.2) is 35.8 Å². The largest absolute Gasteiger partial charge is 0.368 e. The average Bonchev–Trinajstić information content (AvgIpc) is 2.52. The standard InChI is InChI=1S/C8H11N3O2/c1-10-5-7(12)11-4-2-3-6(11)8(9)13/h6H,2-5H2,(H2,9,13)/t6-/m0/s1. The first-order valence-corrected chi connectivity index (χ1v) is 4.09. The van der Waals surface area contributed by atoms with Gasteiger partial charge in [-0.15, -0.1) is 0 Å². The Balaban J connectivity index is 2.64. The van der Waals surface area contributed by atoms with Gasteiger partial charge < -0.3 is 15.5 Å². The third-order valence-corrected chi connectivity index (χ3v) is 2.12. The van der Waals surface area contributed by atoms with Gasteiger partial charge in [-0.3, -0.25) is 9.59 Å². The minimum absolute atomic E-state index is 0.191. The maximum absolute atomic E-state index is 11.3. The van der Waals surface area contributed by atoms with Crippen molar-refractivity contribution in [3.63, 3.8) is 0 Å². The van der Waals surface area contributed by atoms with Gasteiger partial charge in [0.05, 0.1) is 0 Å². The summed E-state index contributed by atoms with van der Waals surface area (Å²) < 4.78 is 0. The molecule has 0 saturated carbocycles. The molecule has 1 saturated heterocycles. The number of carbonyl (C=O) groups excluding carboxylic acids is 2. The molecule has 0 radical (unpaired) electrons. The highest BCUT2D eigenvalue weighted by Crippen LogP contribution is 2.16. The van der Waals surface area contributed by atoms with E-state index in [1.54, 1.807) is 0 Å². The summed E-state index contributed by atoms with van der Waals surface area (Å²) in [4.78, 5) is 26.5. The zero-order valence-electron chi connectivity index (χ0n) is 7.19. The van der Waals surface area contributed by atoms with Crippen molar-refractivity contribution < 1.29 is 9.59 Å². The number of hydrogen-bond donors (Lipinski definition) is 1. The molecular formula is C8H11N3O2. The fourth-order valence-corrected chi connectivity index (χ4v) is 1.52. The van der Waals surface area contributed by atoms with Crippen LogP contribution in [0.3, 0.4) is 0 Å². The van der Waals surface area contributed by atoms with Gasteiger partial charge in [0.1, 0.15) is 6.04 Å². The molecule has 0 aliphatic carbocycles. The summed E-state index contributed by atoms with van der Waals surface area (Å²) in [6, 6.07) is -0.491. The summed E-state index contributed by atoms with van der Waals surface area (Å²) >= 11 is 0. The fourth-order valence-electron chi connectivity index (χ4n) is 1.52. The second-order valence-corrected chi connectivity index (χ2v) is 2.96. The normalized spacial score (nSPS) is 21.2. The van der Waals surface area contributed by atoms with Crippen molar-refractivity contribution in [2.24, 2.45) is 5.73 Å². The average molecular weight is 181 g/mol. The van der Waals surface area contributed by atoms with Crippen molar-refractivity contribution >= 4 is 11.8 Å². The van der Waals surface area contributed by atoms with Crippen molar-refractivity contribution in [1.29, 1.82) is 0 Å². The summed E-state index contributed by atoms with van der Waals surface area (Å²) in [7, 11) is 0. The maximum Gasteiger partial charge on any atom is 0.303 e. The van der Waals surface area contributed by atoms with Crippen LogP contribution in [0, 0.1) is 6.57 Å². The van der Waals surface area contributed by atoms with Crippen LogP contribution in [0.4, 0.5) is 0 Å². The Morgan fingerprint density at radius 1 is 1.62 bits per heavy atom. The fraction of sp³-hybridized carbons (Fsp3) is 0.625. The summed E-state index contributed by atoms with van der Waals surface area (Å²) in [6.45, 7) is 6.88. The van der Waals surface area contributed by atoms with Gasteiger partial charge in [-0.2, -0.15) is 0 Å². The van der Waals surface area contributed by atoms with Gasteiger partial charge in [-0.25, -0.2) is 6.57 Å². The number of primary amides is 1. The minimum Gasteiger partial charge on any atom is -0.368 e. The first-order chi connectivity index (χ1) is 6.16. The molecule has 13 heavy (non-hydrogen) atoms. The lowest BCUT2D eigenvalue weighted by molar-refractivity contribution is -0.135. The minimum atomic E-state index is -0.491. The van der Waals surface area contributed by atoms with E-state index in [2.05, 4.69) is 4.85 Å². The van der Waals surface area contributed by atoms with E-state index in [1.807, 2.05) is 0 Å². The highest BCUT2D eigenvalue weighted by Gasteiger charge is 2.33. The molecule has 0 aromatic heterocycles. The molecular weight excluding hydrogens is 170 g/mol. The number of hydrogen-bond acceptors (Lipinski definition) is 2. The summed E-state index contributed by atoms with van der Waals surface area (Å²) in [5.41, 5.74) is 5.11. The zero-order chi connectivity index (χ0) is 9.84. The Morgan fingerprint density at radius 3 is 2.85 bits per heavy atom. The van der Waals surface area contributed by atoms with Crippen molar-refractivity contribution in [1.82, 2.24) is 4.90 Å². The van der Waals surface area contributed by atoms with Crippen LogP contribution < -0.4 is 5.73 Å². The molecule has 70 valence electrons. The molecule has 0 aromatic carbocycles. The van der Waals surface area contributed by atoms with Gasteiger partial charge in [0.15, 0.2) is 0 Å². The lowest BCUT2D eigenvalue weighted by Gasteiger charge is -2.19. The molecule has 0 spiro atoms. The van der Waals surface area contributed by atoms with E-state index in [1.165, 1.54) is 4.90 Å². The highest BCUT2D eigenvalue weighted by molar-refractivity contribution is 5.88. The molecule has 5 heteroatoms. The molecule has 2 amide bonds. The van der Waals surface area contributed by atoms with Crippen molar-refractivity contribution in [2.75, 3.05) is 13.1 Å². The third-order valence-electron chi connectivity index (χ3n) is 2.12. The Morgan fingerprint density at radius 2 is 2.31 bits per heavy atom. The molecule has 2 N–H and O–H groups in total.